The first-order valence-electron chi connectivity index (χ1n) is 7.85. The fraction of sp³-hybridized carbons (Fsp3) is 0.600. The molecule has 8 heteroatoms. The van der Waals surface area contributed by atoms with Crippen LogP contribution in [-0.4, -0.2) is 56.3 Å². The maximum atomic E-state index is 12.4. The molecule has 1 aliphatic rings. The summed E-state index contributed by atoms with van der Waals surface area (Å²) >= 11 is 0. The molecule has 0 aromatic carbocycles. The Morgan fingerprint density at radius 3 is 2.43 bits per heavy atom. The van der Waals surface area contributed by atoms with E-state index in [1.165, 1.54) is 16.6 Å². The number of rotatable bonds is 8. The summed E-state index contributed by atoms with van der Waals surface area (Å²) in [4.78, 5) is 17.8. The second-order valence-corrected chi connectivity index (χ2v) is 7.58. The summed E-state index contributed by atoms with van der Waals surface area (Å²) in [5.74, 6) is 0.520. The van der Waals surface area contributed by atoms with Crippen molar-refractivity contribution in [2.75, 3.05) is 31.6 Å². The number of nitrogens with one attached hydrogen (secondary N) is 1. The standard InChI is InChI=1S/C15H24N4O3S/c1-4-19(5-2)23(21,22)13-8-9-14(16-10-13)18(3)11-15(20)17-12-6-7-12/h8-10,12H,4-7,11H2,1-3H3,(H,17,20). The largest absolute Gasteiger partial charge is 0.352 e. The molecule has 1 aromatic rings. The number of sulfonamides is 1. The number of carbonyl (C=O) groups is 1. The van der Waals surface area contributed by atoms with Gasteiger partial charge in [0.2, 0.25) is 15.9 Å². The van der Waals surface area contributed by atoms with Crippen molar-refractivity contribution in [2.45, 2.75) is 37.6 Å². The Morgan fingerprint density at radius 1 is 1.30 bits per heavy atom. The first-order valence-corrected chi connectivity index (χ1v) is 9.29. The highest BCUT2D eigenvalue weighted by Crippen LogP contribution is 2.19. The Labute approximate surface area is 137 Å². The maximum absolute atomic E-state index is 12.4. The minimum absolute atomic E-state index is 0.0448. The lowest BCUT2D eigenvalue weighted by atomic mass is 10.4. The van der Waals surface area contributed by atoms with Crippen molar-refractivity contribution in [1.82, 2.24) is 14.6 Å². The zero-order chi connectivity index (χ0) is 17.0. The molecule has 0 atom stereocenters. The SMILES string of the molecule is CCN(CC)S(=O)(=O)c1ccc(N(C)CC(=O)NC2CC2)nc1. The van der Waals surface area contributed by atoms with Gasteiger partial charge in [-0.2, -0.15) is 4.31 Å². The van der Waals surface area contributed by atoms with Crippen LogP contribution in [0, 0.1) is 0 Å². The Hall–Kier alpha value is -1.67. The number of nitrogens with zero attached hydrogens (tertiary/aromatic N) is 3. The zero-order valence-electron chi connectivity index (χ0n) is 13.8. The number of hydrogen-bond donors (Lipinski definition) is 1. The third-order valence-corrected chi connectivity index (χ3v) is 5.81. The topological polar surface area (TPSA) is 82.6 Å². The minimum atomic E-state index is -3.50. The molecule has 1 aromatic heterocycles. The van der Waals surface area contributed by atoms with Gasteiger partial charge in [-0.05, 0) is 25.0 Å². The Kier molecular flexibility index (Phi) is 5.59. The lowest BCUT2D eigenvalue weighted by Crippen LogP contribution is -2.36. The molecule has 0 saturated heterocycles. The number of carbonyl (C=O) groups excluding carboxylic acids is 1. The monoisotopic (exact) mass is 340 g/mol. The molecule has 1 fully saturated rings. The Bertz CT molecular complexity index is 637. The van der Waals surface area contributed by atoms with Gasteiger partial charge in [-0.3, -0.25) is 4.79 Å². The molecule has 1 amide bonds. The van der Waals surface area contributed by atoms with Crippen LogP contribution < -0.4 is 10.2 Å². The predicted octanol–water partition coefficient (Wildman–Crippen LogP) is 0.827. The van der Waals surface area contributed by atoms with Gasteiger partial charge in [-0.15, -0.1) is 0 Å². The molecule has 128 valence electrons. The van der Waals surface area contributed by atoms with E-state index in [1.807, 2.05) is 0 Å². The van der Waals surface area contributed by atoms with Crippen molar-refractivity contribution in [3.05, 3.63) is 18.3 Å². The van der Waals surface area contributed by atoms with Gasteiger partial charge < -0.3 is 10.2 Å². The second kappa shape index (κ2) is 7.27. The summed E-state index contributed by atoms with van der Waals surface area (Å²) in [6.45, 7) is 4.64. The van der Waals surface area contributed by atoms with Gasteiger partial charge in [-0.25, -0.2) is 13.4 Å². The molecular weight excluding hydrogens is 316 g/mol. The third kappa shape index (κ3) is 4.42. The van der Waals surface area contributed by atoms with Crippen LogP contribution in [0.1, 0.15) is 26.7 Å². The molecule has 1 aliphatic carbocycles. The van der Waals surface area contributed by atoms with Gasteiger partial charge in [0.25, 0.3) is 0 Å². The van der Waals surface area contributed by atoms with Gasteiger partial charge in [0.1, 0.15) is 10.7 Å². The molecule has 2 rings (SSSR count). The van der Waals surface area contributed by atoms with Crippen molar-refractivity contribution < 1.29 is 13.2 Å². The van der Waals surface area contributed by atoms with E-state index in [-0.39, 0.29) is 17.3 Å². The lowest BCUT2D eigenvalue weighted by Gasteiger charge is -2.20. The highest BCUT2D eigenvalue weighted by molar-refractivity contribution is 7.89. The lowest BCUT2D eigenvalue weighted by molar-refractivity contribution is -0.119. The number of pyridine rings is 1. The molecule has 23 heavy (non-hydrogen) atoms. The van der Waals surface area contributed by atoms with Crippen LogP contribution in [0.3, 0.4) is 0 Å². The van der Waals surface area contributed by atoms with E-state index in [4.69, 9.17) is 0 Å². The average molecular weight is 340 g/mol. The maximum Gasteiger partial charge on any atom is 0.244 e. The van der Waals surface area contributed by atoms with E-state index in [0.29, 0.717) is 24.9 Å². The summed E-state index contributed by atoms with van der Waals surface area (Å²) in [5, 5.41) is 2.91. The van der Waals surface area contributed by atoms with Crippen LogP contribution in [0.2, 0.25) is 0 Å². The highest BCUT2D eigenvalue weighted by Gasteiger charge is 2.24. The first-order chi connectivity index (χ1) is 10.9. The van der Waals surface area contributed by atoms with Crippen molar-refractivity contribution >= 4 is 21.7 Å². The van der Waals surface area contributed by atoms with Crippen LogP contribution in [0.4, 0.5) is 5.82 Å². The third-order valence-electron chi connectivity index (χ3n) is 3.78. The molecule has 0 unspecified atom stereocenters. The van der Waals surface area contributed by atoms with Crippen molar-refractivity contribution in [1.29, 1.82) is 0 Å². The molecule has 0 spiro atoms. The van der Waals surface area contributed by atoms with Gasteiger partial charge in [-0.1, -0.05) is 13.8 Å². The number of aromatic nitrogens is 1. The van der Waals surface area contributed by atoms with E-state index in [2.05, 4.69) is 10.3 Å². The fourth-order valence-corrected chi connectivity index (χ4v) is 3.66. The van der Waals surface area contributed by atoms with E-state index >= 15 is 0 Å². The van der Waals surface area contributed by atoms with Crippen molar-refractivity contribution in [3.8, 4) is 0 Å². The predicted molar refractivity (Wildman–Crippen MR) is 88.8 cm³/mol. The van der Waals surface area contributed by atoms with Crippen LogP contribution in [0.25, 0.3) is 0 Å². The second-order valence-electron chi connectivity index (χ2n) is 5.64. The van der Waals surface area contributed by atoms with E-state index in [9.17, 15) is 13.2 Å². The number of amides is 1. The summed E-state index contributed by atoms with van der Waals surface area (Å²) in [5.41, 5.74) is 0. The molecule has 0 radical (unpaired) electrons. The molecule has 0 bridgehead atoms. The minimum Gasteiger partial charge on any atom is -0.352 e. The summed E-state index contributed by atoms with van der Waals surface area (Å²) < 4.78 is 26.2. The van der Waals surface area contributed by atoms with E-state index < -0.39 is 10.0 Å². The first kappa shape index (κ1) is 17.7. The number of hydrogen-bond acceptors (Lipinski definition) is 5. The molecule has 7 nitrogen and oxygen atoms in total. The van der Waals surface area contributed by atoms with Crippen molar-refractivity contribution in [2.24, 2.45) is 0 Å². The molecule has 1 saturated carbocycles. The summed E-state index contributed by atoms with van der Waals surface area (Å²) in [7, 11) is -1.74. The Balaban J connectivity index is 2.04. The fourth-order valence-electron chi connectivity index (χ4n) is 2.26. The number of likely N-dealkylation sites (N-methyl/N-ethyl adjacent to an activating group) is 1. The molecule has 1 heterocycles. The molecular formula is C15H24N4O3S. The van der Waals surface area contributed by atoms with Crippen molar-refractivity contribution in [3.63, 3.8) is 0 Å². The van der Waals surface area contributed by atoms with Crippen LogP contribution in [-0.2, 0) is 14.8 Å². The molecule has 0 aliphatic heterocycles. The van der Waals surface area contributed by atoms with Crippen LogP contribution in [0.5, 0.6) is 0 Å². The zero-order valence-corrected chi connectivity index (χ0v) is 14.6. The quantitative estimate of drug-likeness (QED) is 0.758. The number of anilines is 1. The van der Waals surface area contributed by atoms with Gasteiger partial charge >= 0.3 is 0 Å². The normalized spacial score (nSPS) is 14.8. The van der Waals surface area contributed by atoms with Gasteiger partial charge in [0.15, 0.2) is 0 Å². The summed E-state index contributed by atoms with van der Waals surface area (Å²) in [6.07, 6.45) is 3.44. The van der Waals surface area contributed by atoms with Crippen LogP contribution >= 0.6 is 0 Å². The smallest absolute Gasteiger partial charge is 0.244 e. The summed E-state index contributed by atoms with van der Waals surface area (Å²) in [6, 6.07) is 3.48. The van der Waals surface area contributed by atoms with Gasteiger partial charge in [0.05, 0.1) is 6.54 Å². The van der Waals surface area contributed by atoms with E-state index in [0.717, 1.165) is 12.8 Å². The van der Waals surface area contributed by atoms with Gasteiger partial charge in [0, 0.05) is 32.4 Å². The Morgan fingerprint density at radius 2 is 1.96 bits per heavy atom. The average Bonchev–Trinajstić information content (AvgIpc) is 3.32. The molecule has 1 N–H and O–H groups in total. The van der Waals surface area contributed by atoms with E-state index in [1.54, 1.807) is 31.9 Å². The van der Waals surface area contributed by atoms with Crippen LogP contribution in [0.15, 0.2) is 23.2 Å². The highest BCUT2D eigenvalue weighted by atomic mass is 32.2.